The first kappa shape index (κ1) is 17.5. The molecule has 5 heterocycles. The topological polar surface area (TPSA) is 88.1 Å². The molecule has 0 amide bonds. The number of hydrogen-bond acceptors (Lipinski definition) is 6. The molecule has 0 radical (unpaired) electrons. The number of halogens is 2. The van der Waals surface area contributed by atoms with Crippen LogP contribution in [-0.4, -0.2) is 36.3 Å². The van der Waals surface area contributed by atoms with Crippen molar-refractivity contribution >= 4 is 11.5 Å². The first-order valence-electron chi connectivity index (χ1n) is 9.98. The second kappa shape index (κ2) is 6.10. The molecule has 4 aromatic rings. The zero-order valence-electron chi connectivity index (χ0n) is 16.2. The van der Waals surface area contributed by atoms with E-state index >= 15 is 0 Å². The maximum atomic E-state index is 13.7. The molecular weight excluding hydrogens is 392 g/mol. The number of rotatable bonds is 4. The fourth-order valence-corrected chi connectivity index (χ4v) is 4.22. The molecule has 0 aromatic carbocycles. The molecule has 1 fully saturated rings. The Morgan fingerprint density at radius 1 is 1.27 bits per heavy atom. The summed E-state index contributed by atoms with van der Waals surface area (Å²) >= 11 is 0. The fourth-order valence-electron chi connectivity index (χ4n) is 4.22. The average molecular weight is 411 g/mol. The summed E-state index contributed by atoms with van der Waals surface area (Å²) in [4.78, 5) is 9.48. The summed E-state index contributed by atoms with van der Waals surface area (Å²) in [6, 6.07) is 5.84. The predicted octanol–water partition coefficient (Wildman–Crippen LogP) is 3.58. The third-order valence-corrected chi connectivity index (χ3v) is 5.81. The van der Waals surface area contributed by atoms with Gasteiger partial charge in [-0.15, -0.1) is 5.10 Å². The van der Waals surface area contributed by atoms with E-state index in [2.05, 4.69) is 32.3 Å². The van der Waals surface area contributed by atoms with Crippen LogP contribution in [0.5, 0.6) is 0 Å². The minimum Gasteiger partial charge on any atom is -0.401 e. The fraction of sp³-hybridized carbons (Fsp3) is 0.400. The van der Waals surface area contributed by atoms with E-state index in [-0.39, 0.29) is 6.01 Å². The standard InChI is InChI=1S/C20H19F2N7O/c1-20(21,22)18-25-26-19(30-18)28-8-6-13-16(24-10-23-13)17(28)14-9-15-12(11-4-5-11)3-2-7-29(15)27-14/h2-3,7,9-11,17H,4-6,8H2,1H3,(H,23,24)/t17-/m1/s1. The van der Waals surface area contributed by atoms with Gasteiger partial charge in [0.25, 0.3) is 5.89 Å². The minimum atomic E-state index is -3.20. The van der Waals surface area contributed by atoms with Gasteiger partial charge in [-0.05, 0) is 36.5 Å². The van der Waals surface area contributed by atoms with Gasteiger partial charge in [-0.1, -0.05) is 11.2 Å². The van der Waals surface area contributed by atoms with E-state index < -0.39 is 17.9 Å². The lowest BCUT2D eigenvalue weighted by molar-refractivity contribution is -0.0107. The first-order chi connectivity index (χ1) is 14.5. The maximum Gasteiger partial charge on any atom is 0.321 e. The van der Waals surface area contributed by atoms with Crippen molar-refractivity contribution in [3.8, 4) is 0 Å². The lowest BCUT2D eigenvalue weighted by atomic mass is 10.00. The number of hydrogen-bond donors (Lipinski definition) is 1. The predicted molar refractivity (Wildman–Crippen MR) is 103 cm³/mol. The number of nitrogens with zero attached hydrogens (tertiary/aromatic N) is 6. The Morgan fingerprint density at radius 2 is 2.13 bits per heavy atom. The van der Waals surface area contributed by atoms with Crippen molar-refractivity contribution in [2.24, 2.45) is 0 Å². The average Bonchev–Trinajstić information content (AvgIpc) is 3.12. The van der Waals surface area contributed by atoms with Gasteiger partial charge in [-0.2, -0.15) is 13.9 Å². The molecule has 2 aliphatic rings. The third kappa shape index (κ3) is 2.70. The van der Waals surface area contributed by atoms with E-state index in [9.17, 15) is 8.78 Å². The molecule has 0 unspecified atom stereocenters. The second-order valence-corrected chi connectivity index (χ2v) is 8.03. The molecule has 1 aliphatic heterocycles. The Kier molecular flexibility index (Phi) is 3.57. The monoisotopic (exact) mass is 411 g/mol. The van der Waals surface area contributed by atoms with Crippen LogP contribution < -0.4 is 4.90 Å². The molecule has 1 aliphatic carbocycles. The van der Waals surface area contributed by atoms with Gasteiger partial charge in [0.05, 0.1) is 23.2 Å². The maximum absolute atomic E-state index is 13.7. The zero-order chi connectivity index (χ0) is 20.5. The molecule has 0 saturated heterocycles. The van der Waals surface area contributed by atoms with Crippen LogP contribution in [0.1, 0.15) is 60.3 Å². The summed E-state index contributed by atoms with van der Waals surface area (Å²) < 4.78 is 34.6. The highest BCUT2D eigenvalue weighted by Crippen LogP contribution is 2.43. The molecule has 1 N–H and O–H groups in total. The van der Waals surface area contributed by atoms with Gasteiger partial charge in [0.2, 0.25) is 0 Å². The molecule has 8 nitrogen and oxygen atoms in total. The normalized spacial score (nSPS) is 19.4. The van der Waals surface area contributed by atoms with E-state index in [1.54, 1.807) is 6.33 Å². The van der Waals surface area contributed by atoms with Gasteiger partial charge < -0.3 is 14.3 Å². The lowest BCUT2D eigenvalue weighted by Crippen LogP contribution is -2.37. The van der Waals surface area contributed by atoms with Crippen molar-refractivity contribution < 1.29 is 13.2 Å². The Morgan fingerprint density at radius 3 is 2.90 bits per heavy atom. The molecule has 0 spiro atoms. The molecular formula is C20H19F2N7O. The van der Waals surface area contributed by atoms with E-state index in [1.165, 1.54) is 18.4 Å². The van der Waals surface area contributed by atoms with Crippen LogP contribution in [-0.2, 0) is 12.3 Å². The number of nitrogens with one attached hydrogen (secondary N) is 1. The number of anilines is 1. The number of aromatic amines is 1. The van der Waals surface area contributed by atoms with Crippen LogP contribution in [0, 0.1) is 0 Å². The van der Waals surface area contributed by atoms with E-state index in [0.29, 0.717) is 18.9 Å². The number of H-pyrrole nitrogens is 1. The minimum absolute atomic E-state index is 0.0460. The summed E-state index contributed by atoms with van der Waals surface area (Å²) in [5.74, 6) is -3.32. The number of pyridine rings is 1. The lowest BCUT2D eigenvalue weighted by Gasteiger charge is -2.32. The highest BCUT2D eigenvalue weighted by Gasteiger charge is 2.38. The number of alkyl halides is 2. The van der Waals surface area contributed by atoms with E-state index in [1.807, 2.05) is 21.7 Å². The van der Waals surface area contributed by atoms with Crippen molar-refractivity contribution in [1.29, 1.82) is 0 Å². The van der Waals surface area contributed by atoms with Gasteiger partial charge in [-0.25, -0.2) is 9.50 Å². The van der Waals surface area contributed by atoms with Gasteiger partial charge in [0.1, 0.15) is 6.04 Å². The third-order valence-electron chi connectivity index (χ3n) is 5.81. The molecule has 4 aromatic heterocycles. The summed E-state index contributed by atoms with van der Waals surface area (Å²) in [6.45, 7) is 1.26. The van der Waals surface area contributed by atoms with Gasteiger partial charge in [0.15, 0.2) is 0 Å². The SMILES string of the molecule is CC(F)(F)c1nnc(N2CCc3[nH]cnc3[C@H]2c2cc3c(C4CC4)cccn3n2)o1. The van der Waals surface area contributed by atoms with Crippen molar-refractivity contribution in [3.05, 3.63) is 59.3 Å². The van der Waals surface area contributed by atoms with Crippen LogP contribution in [0.15, 0.2) is 35.1 Å². The molecule has 10 heteroatoms. The Hall–Kier alpha value is -3.30. The summed E-state index contributed by atoms with van der Waals surface area (Å²) in [6.07, 6.45) is 6.61. The Labute approximate surface area is 169 Å². The number of fused-ring (bicyclic) bond motifs is 2. The molecule has 30 heavy (non-hydrogen) atoms. The van der Waals surface area contributed by atoms with Crippen molar-refractivity contribution in [2.75, 3.05) is 11.4 Å². The second-order valence-electron chi connectivity index (χ2n) is 8.03. The van der Waals surface area contributed by atoms with Crippen LogP contribution >= 0.6 is 0 Å². The first-order valence-corrected chi connectivity index (χ1v) is 9.98. The molecule has 154 valence electrons. The largest absolute Gasteiger partial charge is 0.401 e. The van der Waals surface area contributed by atoms with Crippen LogP contribution in [0.2, 0.25) is 0 Å². The van der Waals surface area contributed by atoms with Crippen molar-refractivity contribution in [1.82, 2.24) is 29.8 Å². The van der Waals surface area contributed by atoms with Crippen LogP contribution in [0.25, 0.3) is 5.52 Å². The molecule has 1 atom stereocenters. The number of imidazole rings is 1. The number of aromatic nitrogens is 6. The Bertz CT molecular complexity index is 1230. The molecule has 6 rings (SSSR count). The van der Waals surface area contributed by atoms with Gasteiger partial charge in [0, 0.05) is 31.8 Å². The highest BCUT2D eigenvalue weighted by atomic mass is 19.3. The molecule has 0 bridgehead atoms. The summed E-state index contributed by atoms with van der Waals surface area (Å²) in [5.41, 5.74) is 4.89. The summed E-state index contributed by atoms with van der Waals surface area (Å²) in [5, 5.41) is 12.3. The van der Waals surface area contributed by atoms with Crippen LogP contribution in [0.3, 0.4) is 0 Å². The molecule has 1 saturated carbocycles. The zero-order valence-corrected chi connectivity index (χ0v) is 16.2. The van der Waals surface area contributed by atoms with Gasteiger partial charge >= 0.3 is 11.9 Å². The highest BCUT2D eigenvalue weighted by molar-refractivity contribution is 5.59. The van der Waals surface area contributed by atoms with Gasteiger partial charge in [-0.3, -0.25) is 0 Å². The van der Waals surface area contributed by atoms with E-state index in [4.69, 9.17) is 9.52 Å². The summed E-state index contributed by atoms with van der Waals surface area (Å²) in [7, 11) is 0. The quantitative estimate of drug-likeness (QED) is 0.552. The van der Waals surface area contributed by atoms with Crippen molar-refractivity contribution in [2.45, 2.75) is 44.1 Å². The van der Waals surface area contributed by atoms with Crippen molar-refractivity contribution in [3.63, 3.8) is 0 Å². The van der Waals surface area contributed by atoms with Crippen LogP contribution in [0.4, 0.5) is 14.8 Å². The van der Waals surface area contributed by atoms with E-state index in [0.717, 1.165) is 29.5 Å². The Balaban J connectivity index is 1.48. The smallest absolute Gasteiger partial charge is 0.321 e.